The molecule has 0 spiro atoms. The van der Waals surface area contributed by atoms with Gasteiger partial charge in [0.25, 0.3) is 0 Å². The molecule has 3 rings (SSSR count). The van der Waals surface area contributed by atoms with Gasteiger partial charge in [0.1, 0.15) is 5.76 Å². The Morgan fingerprint density at radius 2 is 2.35 bits per heavy atom. The van der Waals surface area contributed by atoms with Gasteiger partial charge in [-0.3, -0.25) is 4.90 Å². The van der Waals surface area contributed by atoms with Gasteiger partial charge in [0.05, 0.1) is 23.6 Å². The van der Waals surface area contributed by atoms with Gasteiger partial charge in [0.15, 0.2) is 20.8 Å². The molecule has 3 heterocycles. The summed E-state index contributed by atoms with van der Waals surface area (Å²) in [5.41, 5.74) is 0. The summed E-state index contributed by atoms with van der Waals surface area (Å²) in [6.45, 7) is 1.78. The molecule has 1 N–H and O–H groups in total. The third-order valence-electron chi connectivity index (χ3n) is 3.04. The van der Waals surface area contributed by atoms with E-state index in [0.717, 1.165) is 0 Å². The van der Waals surface area contributed by atoms with Crippen molar-refractivity contribution in [2.75, 3.05) is 16.4 Å². The summed E-state index contributed by atoms with van der Waals surface area (Å²) in [6, 6.07) is 1.45. The summed E-state index contributed by atoms with van der Waals surface area (Å²) in [4.78, 5) is 1.74. The number of thiocarbonyl (C=S) groups is 1. The van der Waals surface area contributed by atoms with Crippen LogP contribution in [0.2, 0.25) is 0 Å². The van der Waals surface area contributed by atoms with Gasteiger partial charge in [0.2, 0.25) is 0 Å². The van der Waals surface area contributed by atoms with Crippen LogP contribution in [0.25, 0.3) is 0 Å². The van der Waals surface area contributed by atoms with Crippen molar-refractivity contribution in [1.29, 1.82) is 0 Å². The number of rotatable bonds is 1. The van der Waals surface area contributed by atoms with Crippen LogP contribution in [0.5, 0.6) is 0 Å². The lowest BCUT2D eigenvalue weighted by molar-refractivity contribution is 0.397. The van der Waals surface area contributed by atoms with E-state index >= 15 is 0 Å². The zero-order valence-electron chi connectivity index (χ0n) is 9.08. The van der Waals surface area contributed by atoms with E-state index in [2.05, 4.69) is 10.5 Å². The summed E-state index contributed by atoms with van der Waals surface area (Å²) in [6.07, 6.45) is 0. The molecule has 2 atom stereocenters. The Morgan fingerprint density at radius 3 is 3.00 bits per heavy atom. The molecule has 92 valence electrons. The van der Waals surface area contributed by atoms with Gasteiger partial charge in [-0.2, -0.15) is 0 Å². The number of nitrogens with zero attached hydrogens (tertiary/aromatic N) is 2. The van der Waals surface area contributed by atoms with Crippen molar-refractivity contribution in [2.45, 2.75) is 19.0 Å². The van der Waals surface area contributed by atoms with E-state index in [1.165, 1.54) is 0 Å². The van der Waals surface area contributed by atoms with Gasteiger partial charge in [-0.25, -0.2) is 8.42 Å². The van der Waals surface area contributed by atoms with E-state index in [1.54, 1.807) is 17.9 Å². The molecule has 0 unspecified atom stereocenters. The maximum atomic E-state index is 11.6. The molecule has 6 nitrogen and oxygen atoms in total. The molecule has 1 aromatic heterocycles. The fourth-order valence-electron chi connectivity index (χ4n) is 2.34. The zero-order chi connectivity index (χ0) is 12.2. The molecule has 2 fully saturated rings. The van der Waals surface area contributed by atoms with E-state index in [-0.39, 0.29) is 23.6 Å². The quantitative estimate of drug-likeness (QED) is 0.713. The van der Waals surface area contributed by atoms with Crippen molar-refractivity contribution in [1.82, 2.24) is 10.5 Å². The molecule has 0 aliphatic carbocycles. The summed E-state index contributed by atoms with van der Waals surface area (Å²) >= 11 is 5.20. The summed E-state index contributed by atoms with van der Waals surface area (Å²) in [5.74, 6) is 1.48. The Hall–Kier alpha value is -1.15. The Kier molecular flexibility index (Phi) is 2.21. The second kappa shape index (κ2) is 3.42. The molecule has 17 heavy (non-hydrogen) atoms. The smallest absolute Gasteiger partial charge is 0.178 e. The highest BCUT2D eigenvalue weighted by Crippen LogP contribution is 2.29. The number of nitrogens with one attached hydrogen (secondary N) is 1. The molecule has 0 amide bonds. The van der Waals surface area contributed by atoms with Gasteiger partial charge < -0.3 is 9.84 Å². The molecular weight excluding hydrogens is 262 g/mol. The Bertz CT molecular complexity index is 580. The minimum atomic E-state index is -2.99. The number of hydrogen-bond donors (Lipinski definition) is 1. The Morgan fingerprint density at radius 1 is 1.59 bits per heavy atom. The first-order chi connectivity index (χ1) is 7.96. The third kappa shape index (κ3) is 1.71. The first-order valence-corrected chi connectivity index (χ1v) is 7.43. The van der Waals surface area contributed by atoms with Crippen LogP contribution in [0, 0.1) is 6.92 Å². The van der Waals surface area contributed by atoms with Crippen molar-refractivity contribution in [2.24, 2.45) is 0 Å². The van der Waals surface area contributed by atoms with Crippen LogP contribution < -0.4 is 10.2 Å². The van der Waals surface area contributed by atoms with Crippen molar-refractivity contribution < 1.29 is 12.9 Å². The van der Waals surface area contributed by atoms with Crippen molar-refractivity contribution in [3.8, 4) is 0 Å². The predicted molar refractivity (Wildman–Crippen MR) is 65.7 cm³/mol. The minimum Gasteiger partial charge on any atom is -0.360 e. The van der Waals surface area contributed by atoms with Crippen LogP contribution in [0.3, 0.4) is 0 Å². The lowest BCUT2D eigenvalue weighted by Crippen LogP contribution is -2.37. The van der Waals surface area contributed by atoms with Gasteiger partial charge in [0, 0.05) is 6.07 Å². The van der Waals surface area contributed by atoms with Crippen LogP contribution >= 0.6 is 12.2 Å². The third-order valence-corrected chi connectivity index (χ3v) is 5.08. The van der Waals surface area contributed by atoms with Gasteiger partial charge in [-0.15, -0.1) is 0 Å². The summed E-state index contributed by atoms with van der Waals surface area (Å²) < 4.78 is 28.2. The standard InChI is InChI=1S/C9H11N3O3S2/c1-5-2-8(11-15-5)12-7-4-17(13,14)3-6(7)10-9(12)16/h2,6-7H,3-4H2,1H3,(H,10,16)/t6-,7+/m1/s1. The Balaban J connectivity index is 1.97. The van der Waals surface area contributed by atoms with E-state index in [9.17, 15) is 8.42 Å². The van der Waals surface area contributed by atoms with Crippen molar-refractivity contribution in [3.05, 3.63) is 11.8 Å². The second-order valence-electron chi connectivity index (χ2n) is 4.37. The highest BCUT2D eigenvalue weighted by atomic mass is 32.2. The van der Waals surface area contributed by atoms with Crippen LogP contribution in [0.1, 0.15) is 5.76 Å². The van der Waals surface area contributed by atoms with E-state index < -0.39 is 9.84 Å². The SMILES string of the molecule is Cc1cc(N2C(=S)N[C@@H]3CS(=O)(=O)C[C@@H]32)no1. The minimum absolute atomic E-state index is 0.108. The summed E-state index contributed by atoms with van der Waals surface area (Å²) in [5, 5.41) is 7.43. The van der Waals surface area contributed by atoms with Crippen molar-refractivity contribution >= 4 is 33.0 Å². The van der Waals surface area contributed by atoms with Gasteiger partial charge in [-0.05, 0) is 19.1 Å². The fraction of sp³-hybridized carbons (Fsp3) is 0.556. The molecule has 0 aromatic carbocycles. The molecular formula is C9H11N3O3S2. The predicted octanol–water partition coefficient (Wildman–Crippen LogP) is -0.157. The monoisotopic (exact) mass is 273 g/mol. The van der Waals surface area contributed by atoms with E-state index in [1.807, 2.05) is 0 Å². The van der Waals surface area contributed by atoms with Crippen molar-refractivity contribution in [3.63, 3.8) is 0 Å². The number of hydrogen-bond acceptors (Lipinski definition) is 5. The highest BCUT2D eigenvalue weighted by molar-refractivity contribution is 7.91. The van der Waals surface area contributed by atoms with Crippen LogP contribution in [-0.4, -0.2) is 42.3 Å². The first kappa shape index (κ1) is 11.0. The number of fused-ring (bicyclic) bond motifs is 1. The second-order valence-corrected chi connectivity index (χ2v) is 6.91. The van der Waals surface area contributed by atoms with E-state index in [4.69, 9.17) is 16.7 Å². The Labute approximate surface area is 104 Å². The topological polar surface area (TPSA) is 75.4 Å². The molecule has 8 heteroatoms. The molecule has 2 aliphatic rings. The first-order valence-electron chi connectivity index (χ1n) is 5.20. The van der Waals surface area contributed by atoms with E-state index in [0.29, 0.717) is 16.7 Å². The highest BCUT2D eigenvalue weighted by Gasteiger charge is 2.48. The lowest BCUT2D eigenvalue weighted by Gasteiger charge is -2.19. The molecule has 2 aliphatic heterocycles. The molecule has 0 radical (unpaired) electrons. The molecule has 0 bridgehead atoms. The maximum absolute atomic E-state index is 11.6. The number of aromatic nitrogens is 1. The molecule has 2 saturated heterocycles. The van der Waals surface area contributed by atoms with Crippen LogP contribution in [-0.2, 0) is 9.84 Å². The number of aryl methyl sites for hydroxylation is 1. The largest absolute Gasteiger partial charge is 0.360 e. The lowest BCUT2D eigenvalue weighted by atomic mass is 10.2. The molecule has 0 saturated carbocycles. The zero-order valence-corrected chi connectivity index (χ0v) is 10.7. The van der Waals surface area contributed by atoms with Crippen LogP contribution in [0.4, 0.5) is 5.82 Å². The van der Waals surface area contributed by atoms with Crippen LogP contribution in [0.15, 0.2) is 10.6 Å². The normalized spacial score (nSPS) is 30.4. The average molecular weight is 273 g/mol. The van der Waals surface area contributed by atoms with Gasteiger partial charge >= 0.3 is 0 Å². The summed E-state index contributed by atoms with van der Waals surface area (Å²) in [7, 11) is -2.99. The maximum Gasteiger partial charge on any atom is 0.178 e. The fourth-order valence-corrected chi connectivity index (χ4v) is 4.61. The molecule has 1 aromatic rings. The number of anilines is 1. The average Bonchev–Trinajstić information content (AvgIpc) is 2.78. The van der Waals surface area contributed by atoms with Gasteiger partial charge in [-0.1, -0.05) is 5.16 Å². The number of sulfone groups is 1.